The summed E-state index contributed by atoms with van der Waals surface area (Å²) < 4.78 is 2.87. The molecule has 3 rings (SSSR count). The van der Waals surface area contributed by atoms with Crippen molar-refractivity contribution in [3.63, 3.8) is 0 Å². The van der Waals surface area contributed by atoms with Crippen LogP contribution in [-0.4, -0.2) is 22.7 Å². The van der Waals surface area contributed by atoms with Gasteiger partial charge in [-0.15, -0.1) is 11.3 Å². The molecule has 3 aromatic rings. The number of fused-ring (bicyclic) bond motifs is 1. The lowest BCUT2D eigenvalue weighted by Gasteiger charge is -2.14. The molecular weight excluding hydrogens is 344 g/mol. The first-order chi connectivity index (χ1) is 11.5. The number of amides is 1. The van der Waals surface area contributed by atoms with Gasteiger partial charge in [0.05, 0.1) is 12.7 Å². The highest BCUT2D eigenvalue weighted by Crippen LogP contribution is 2.32. The van der Waals surface area contributed by atoms with Gasteiger partial charge in [-0.1, -0.05) is 11.6 Å². The van der Waals surface area contributed by atoms with Crippen molar-refractivity contribution >= 4 is 38.9 Å². The number of rotatable bonds is 5. The number of carbonyl (C=O) groups excluding carboxylic acids is 1. The molecule has 0 spiro atoms. The van der Waals surface area contributed by atoms with Gasteiger partial charge in [-0.2, -0.15) is 5.10 Å². The number of nitrogens with one attached hydrogen (secondary N) is 2. The molecular formula is C17H19ClN4OS. The number of benzene rings is 1. The second kappa shape index (κ2) is 6.93. The van der Waals surface area contributed by atoms with Crippen molar-refractivity contribution in [1.82, 2.24) is 20.4 Å². The Morgan fingerprint density at radius 3 is 2.92 bits per heavy atom. The molecule has 5 nitrogen and oxygen atoms in total. The number of hydrogen-bond acceptors (Lipinski definition) is 4. The molecule has 0 radical (unpaired) electrons. The minimum absolute atomic E-state index is 0.0691. The Morgan fingerprint density at radius 2 is 2.25 bits per heavy atom. The van der Waals surface area contributed by atoms with Crippen LogP contribution in [0.1, 0.15) is 22.0 Å². The molecule has 2 N–H and O–H groups in total. The van der Waals surface area contributed by atoms with Crippen molar-refractivity contribution < 1.29 is 4.79 Å². The van der Waals surface area contributed by atoms with E-state index in [9.17, 15) is 4.79 Å². The number of nitrogens with zero attached hydrogens (tertiary/aromatic N) is 2. The van der Waals surface area contributed by atoms with Crippen molar-refractivity contribution in [2.45, 2.75) is 19.5 Å². The minimum atomic E-state index is -0.414. The first-order valence-corrected chi connectivity index (χ1v) is 8.80. The highest BCUT2D eigenvalue weighted by molar-refractivity contribution is 7.19. The summed E-state index contributed by atoms with van der Waals surface area (Å²) in [6.07, 6.45) is 3.54. The molecule has 1 unspecified atom stereocenters. The van der Waals surface area contributed by atoms with Gasteiger partial charge in [-0.25, -0.2) is 0 Å². The van der Waals surface area contributed by atoms with E-state index in [1.807, 2.05) is 31.4 Å². The number of likely N-dealkylation sites (N-methyl/N-ethyl adjacent to an activating group) is 1. The van der Waals surface area contributed by atoms with E-state index in [0.29, 0.717) is 6.54 Å². The Labute approximate surface area is 149 Å². The second-order valence-electron chi connectivity index (χ2n) is 5.68. The molecule has 0 saturated heterocycles. The predicted octanol–water partition coefficient (Wildman–Crippen LogP) is 3.17. The van der Waals surface area contributed by atoms with Crippen molar-refractivity contribution in [1.29, 1.82) is 0 Å². The number of halogens is 1. The van der Waals surface area contributed by atoms with Gasteiger partial charge in [0.1, 0.15) is 6.04 Å². The van der Waals surface area contributed by atoms with Gasteiger partial charge in [0, 0.05) is 33.4 Å². The van der Waals surface area contributed by atoms with E-state index in [0.717, 1.165) is 20.8 Å². The van der Waals surface area contributed by atoms with Crippen molar-refractivity contribution in [2.24, 2.45) is 7.05 Å². The fraction of sp³-hybridized carbons (Fsp3) is 0.294. The van der Waals surface area contributed by atoms with Crippen LogP contribution in [0.4, 0.5) is 0 Å². The Hall–Kier alpha value is -1.89. The Bertz CT molecular complexity index is 886. The molecule has 0 saturated carbocycles. The summed E-state index contributed by atoms with van der Waals surface area (Å²) in [5, 5.41) is 12.0. The maximum Gasteiger partial charge on any atom is 0.242 e. The number of carbonyl (C=O) groups is 1. The largest absolute Gasteiger partial charge is 0.350 e. The van der Waals surface area contributed by atoms with Gasteiger partial charge in [0.25, 0.3) is 0 Å². The zero-order chi connectivity index (χ0) is 17.3. The van der Waals surface area contributed by atoms with Gasteiger partial charge < -0.3 is 10.6 Å². The smallest absolute Gasteiger partial charge is 0.242 e. The highest BCUT2D eigenvalue weighted by atomic mass is 35.5. The van der Waals surface area contributed by atoms with Crippen LogP contribution in [0.15, 0.2) is 30.6 Å². The molecule has 0 bridgehead atoms. The summed E-state index contributed by atoms with van der Waals surface area (Å²) in [4.78, 5) is 13.7. The third kappa shape index (κ3) is 3.31. The molecule has 24 heavy (non-hydrogen) atoms. The molecule has 1 atom stereocenters. The summed E-state index contributed by atoms with van der Waals surface area (Å²) in [5.74, 6) is -0.0691. The lowest BCUT2D eigenvalue weighted by atomic mass is 10.1. The number of aryl methyl sites for hydroxylation is 2. The molecule has 0 aliphatic carbocycles. The van der Waals surface area contributed by atoms with Crippen LogP contribution in [0.2, 0.25) is 5.02 Å². The number of aromatic nitrogens is 2. The lowest BCUT2D eigenvalue weighted by molar-refractivity contribution is -0.123. The molecule has 0 fully saturated rings. The number of thiophene rings is 1. The summed E-state index contributed by atoms with van der Waals surface area (Å²) in [6.45, 7) is 2.56. The van der Waals surface area contributed by atoms with Crippen LogP contribution < -0.4 is 10.6 Å². The minimum Gasteiger partial charge on any atom is -0.350 e. The van der Waals surface area contributed by atoms with E-state index in [2.05, 4.69) is 22.7 Å². The third-order valence-corrected chi connectivity index (χ3v) is 5.54. The molecule has 2 heterocycles. The average Bonchev–Trinajstić information content (AvgIpc) is 3.11. The first kappa shape index (κ1) is 17.0. The molecule has 1 aromatic carbocycles. The quantitative estimate of drug-likeness (QED) is 0.733. The monoisotopic (exact) mass is 362 g/mol. The van der Waals surface area contributed by atoms with Gasteiger partial charge in [-0.05, 0) is 43.1 Å². The van der Waals surface area contributed by atoms with E-state index in [-0.39, 0.29) is 5.91 Å². The molecule has 1 amide bonds. The van der Waals surface area contributed by atoms with Crippen molar-refractivity contribution in [3.05, 3.63) is 51.6 Å². The topological polar surface area (TPSA) is 59.0 Å². The molecule has 126 valence electrons. The second-order valence-corrected chi connectivity index (χ2v) is 7.25. The fourth-order valence-corrected chi connectivity index (χ4v) is 4.02. The Balaban J connectivity index is 1.75. The van der Waals surface area contributed by atoms with Crippen LogP contribution in [0, 0.1) is 6.92 Å². The van der Waals surface area contributed by atoms with Gasteiger partial charge >= 0.3 is 0 Å². The molecule has 0 aliphatic rings. The van der Waals surface area contributed by atoms with Crippen LogP contribution in [0.5, 0.6) is 0 Å². The summed E-state index contributed by atoms with van der Waals surface area (Å²) >= 11 is 7.76. The predicted molar refractivity (Wildman–Crippen MR) is 98.4 cm³/mol. The first-order valence-electron chi connectivity index (χ1n) is 7.60. The van der Waals surface area contributed by atoms with Crippen LogP contribution in [0.25, 0.3) is 10.1 Å². The van der Waals surface area contributed by atoms with Crippen molar-refractivity contribution in [2.75, 3.05) is 7.05 Å². The molecule has 2 aromatic heterocycles. The van der Waals surface area contributed by atoms with Gasteiger partial charge in [0.2, 0.25) is 5.91 Å². The van der Waals surface area contributed by atoms with E-state index in [4.69, 9.17) is 11.6 Å². The van der Waals surface area contributed by atoms with E-state index in [1.54, 1.807) is 29.3 Å². The van der Waals surface area contributed by atoms with E-state index in [1.165, 1.54) is 10.3 Å². The van der Waals surface area contributed by atoms with E-state index < -0.39 is 6.04 Å². The summed E-state index contributed by atoms with van der Waals surface area (Å²) in [5.41, 5.74) is 2.01. The maximum atomic E-state index is 12.5. The van der Waals surface area contributed by atoms with Crippen LogP contribution >= 0.6 is 22.9 Å². The molecule has 7 heteroatoms. The van der Waals surface area contributed by atoms with Crippen LogP contribution in [-0.2, 0) is 18.4 Å². The maximum absolute atomic E-state index is 12.5. The Morgan fingerprint density at radius 1 is 1.46 bits per heavy atom. The number of hydrogen-bond donors (Lipinski definition) is 2. The normalized spacial score (nSPS) is 12.5. The summed E-state index contributed by atoms with van der Waals surface area (Å²) in [7, 11) is 3.60. The average molecular weight is 363 g/mol. The van der Waals surface area contributed by atoms with Crippen molar-refractivity contribution in [3.8, 4) is 0 Å². The zero-order valence-electron chi connectivity index (χ0n) is 13.8. The lowest BCUT2D eigenvalue weighted by Crippen LogP contribution is -2.35. The van der Waals surface area contributed by atoms with Gasteiger partial charge in [0.15, 0.2) is 0 Å². The Kier molecular flexibility index (Phi) is 4.89. The highest BCUT2D eigenvalue weighted by Gasteiger charge is 2.20. The fourth-order valence-electron chi connectivity index (χ4n) is 2.72. The third-order valence-electron chi connectivity index (χ3n) is 4.03. The standard InChI is InChI=1S/C17H19ClN4OS/c1-10-13-6-12(18)4-5-14(13)24-15(10)8-20-17(23)16(19-2)11-7-21-22(3)9-11/h4-7,9,16,19H,8H2,1-3H3,(H,20,23). The summed E-state index contributed by atoms with van der Waals surface area (Å²) in [6, 6.07) is 5.47. The van der Waals surface area contributed by atoms with Crippen LogP contribution in [0.3, 0.4) is 0 Å². The van der Waals surface area contributed by atoms with E-state index >= 15 is 0 Å². The molecule has 0 aliphatic heterocycles. The SMILES string of the molecule is CNC(C(=O)NCc1sc2ccc(Cl)cc2c1C)c1cnn(C)c1. The van der Waals surface area contributed by atoms with Gasteiger partial charge in [-0.3, -0.25) is 9.48 Å². The zero-order valence-corrected chi connectivity index (χ0v) is 15.3.